The molecule has 0 aromatic heterocycles. The van der Waals surface area contributed by atoms with Gasteiger partial charge in [0.05, 0.1) is 11.3 Å². The van der Waals surface area contributed by atoms with Crippen LogP contribution >= 0.6 is 12.4 Å². The average Bonchev–Trinajstić information content (AvgIpc) is 2.48. The van der Waals surface area contributed by atoms with Gasteiger partial charge in [-0.15, -0.1) is 12.4 Å². The van der Waals surface area contributed by atoms with E-state index in [2.05, 4.69) is 5.32 Å². The monoisotopic (exact) mass is 353 g/mol. The van der Waals surface area contributed by atoms with Crippen molar-refractivity contribution < 1.29 is 9.72 Å². The zero-order valence-electron chi connectivity index (χ0n) is 13.5. The highest BCUT2D eigenvalue weighted by Gasteiger charge is 2.39. The number of benzene rings is 1. The number of nitro benzene ring substituents is 1. The summed E-state index contributed by atoms with van der Waals surface area (Å²) in [5.41, 5.74) is 6.58. The molecule has 7 heteroatoms. The molecule has 2 saturated carbocycles. The lowest BCUT2D eigenvalue weighted by Gasteiger charge is -2.45. The molecule has 2 atom stereocenters. The lowest BCUT2D eigenvalue weighted by Crippen LogP contribution is -2.54. The molecule has 24 heavy (non-hydrogen) atoms. The second-order valence-electron chi connectivity index (χ2n) is 6.84. The fourth-order valence-corrected chi connectivity index (χ4v) is 4.27. The Balaban J connectivity index is 0.00000208. The van der Waals surface area contributed by atoms with Gasteiger partial charge in [0.15, 0.2) is 0 Å². The Morgan fingerprint density at radius 2 is 1.88 bits per heavy atom. The molecular formula is C17H24ClN3O3. The molecule has 0 spiro atoms. The van der Waals surface area contributed by atoms with Gasteiger partial charge >= 0.3 is 0 Å². The summed E-state index contributed by atoms with van der Waals surface area (Å²) in [6.07, 6.45) is 5.42. The van der Waals surface area contributed by atoms with Crippen LogP contribution in [-0.2, 0) is 11.2 Å². The Morgan fingerprint density at radius 3 is 2.50 bits per heavy atom. The Hall–Kier alpha value is -1.66. The molecule has 3 N–H and O–H groups in total. The molecule has 132 valence electrons. The van der Waals surface area contributed by atoms with Crippen molar-refractivity contribution >= 4 is 24.0 Å². The summed E-state index contributed by atoms with van der Waals surface area (Å²) in [5, 5.41) is 14.2. The minimum atomic E-state index is -0.434. The molecule has 1 aromatic carbocycles. The Labute approximate surface area is 147 Å². The normalized spacial score (nSPS) is 28.5. The van der Waals surface area contributed by atoms with Crippen molar-refractivity contribution in [3.63, 3.8) is 0 Å². The fraction of sp³-hybridized carbons (Fsp3) is 0.588. The smallest absolute Gasteiger partial charge is 0.273 e. The Kier molecular flexibility index (Phi) is 6.18. The van der Waals surface area contributed by atoms with E-state index in [1.807, 2.05) is 0 Å². The molecule has 0 aliphatic heterocycles. The fourth-order valence-electron chi connectivity index (χ4n) is 4.27. The van der Waals surface area contributed by atoms with Crippen molar-refractivity contribution in [2.45, 2.75) is 50.6 Å². The van der Waals surface area contributed by atoms with E-state index < -0.39 is 4.92 Å². The molecule has 2 fully saturated rings. The van der Waals surface area contributed by atoms with Crippen LogP contribution in [0, 0.1) is 22.0 Å². The summed E-state index contributed by atoms with van der Waals surface area (Å²) in [5.74, 6) is 0.774. The van der Waals surface area contributed by atoms with Crippen LogP contribution in [-0.4, -0.2) is 22.9 Å². The van der Waals surface area contributed by atoms with Gasteiger partial charge in [-0.25, -0.2) is 0 Å². The average molecular weight is 354 g/mol. The third kappa shape index (κ3) is 4.05. The molecule has 6 nitrogen and oxygen atoms in total. The number of para-hydroxylation sites is 1. The minimum absolute atomic E-state index is 0. The molecule has 3 rings (SSSR count). The number of carbonyl (C=O) groups excluding carboxylic acids is 1. The van der Waals surface area contributed by atoms with Crippen LogP contribution in [0.1, 0.15) is 37.7 Å². The SMILES string of the molecule is Cl.NC1CC2CCCC(C1)C2NC(=O)Cc1ccccc1[N+](=O)[O-]. The highest BCUT2D eigenvalue weighted by Crippen LogP contribution is 2.39. The van der Waals surface area contributed by atoms with Gasteiger partial charge in [0, 0.05) is 23.7 Å². The molecule has 2 aliphatic rings. The zero-order chi connectivity index (χ0) is 16.4. The number of hydrogen-bond acceptors (Lipinski definition) is 4. The molecule has 1 aromatic rings. The highest BCUT2D eigenvalue weighted by atomic mass is 35.5. The maximum atomic E-state index is 12.4. The van der Waals surface area contributed by atoms with E-state index in [1.54, 1.807) is 18.2 Å². The first-order valence-corrected chi connectivity index (χ1v) is 8.32. The van der Waals surface area contributed by atoms with Gasteiger partial charge < -0.3 is 11.1 Å². The minimum Gasteiger partial charge on any atom is -0.353 e. The van der Waals surface area contributed by atoms with Gasteiger partial charge in [-0.2, -0.15) is 0 Å². The van der Waals surface area contributed by atoms with E-state index >= 15 is 0 Å². The number of nitrogens with two attached hydrogens (primary N) is 1. The largest absolute Gasteiger partial charge is 0.353 e. The number of nitrogens with zero attached hydrogens (tertiary/aromatic N) is 1. The maximum absolute atomic E-state index is 12.4. The van der Waals surface area contributed by atoms with Gasteiger partial charge in [0.2, 0.25) is 5.91 Å². The van der Waals surface area contributed by atoms with Crippen molar-refractivity contribution in [2.24, 2.45) is 17.6 Å². The van der Waals surface area contributed by atoms with Crippen molar-refractivity contribution in [3.8, 4) is 0 Å². The standard InChI is InChI=1S/C17H23N3O3.ClH/c18-14-8-12-5-3-6-13(9-14)17(12)19-16(21)10-11-4-1-2-7-15(11)20(22)23;/h1-2,4,7,12-14,17H,3,5-6,8-10,18H2,(H,19,21);1H. The van der Waals surface area contributed by atoms with Crippen LogP contribution in [0.2, 0.25) is 0 Å². The quantitative estimate of drug-likeness (QED) is 0.642. The second-order valence-corrected chi connectivity index (χ2v) is 6.84. The van der Waals surface area contributed by atoms with Crippen LogP contribution in [0.15, 0.2) is 24.3 Å². The first-order valence-electron chi connectivity index (χ1n) is 8.32. The van der Waals surface area contributed by atoms with E-state index in [9.17, 15) is 14.9 Å². The number of carbonyl (C=O) groups is 1. The third-order valence-electron chi connectivity index (χ3n) is 5.24. The van der Waals surface area contributed by atoms with Crippen molar-refractivity contribution in [1.82, 2.24) is 5.32 Å². The van der Waals surface area contributed by atoms with E-state index in [-0.39, 0.29) is 42.5 Å². The lowest BCUT2D eigenvalue weighted by atomic mass is 9.67. The lowest BCUT2D eigenvalue weighted by molar-refractivity contribution is -0.385. The summed E-state index contributed by atoms with van der Waals surface area (Å²) in [6, 6.07) is 6.86. The van der Waals surface area contributed by atoms with Crippen molar-refractivity contribution in [3.05, 3.63) is 39.9 Å². The topological polar surface area (TPSA) is 98.3 Å². The number of nitrogens with one attached hydrogen (secondary N) is 1. The van der Waals surface area contributed by atoms with Crippen LogP contribution in [0.4, 0.5) is 5.69 Å². The summed E-state index contributed by atoms with van der Waals surface area (Å²) in [4.78, 5) is 23.0. The Morgan fingerprint density at radius 1 is 1.25 bits per heavy atom. The van der Waals surface area contributed by atoms with Crippen LogP contribution in [0.3, 0.4) is 0 Å². The summed E-state index contributed by atoms with van der Waals surface area (Å²) in [6.45, 7) is 0. The van der Waals surface area contributed by atoms with Crippen molar-refractivity contribution in [2.75, 3.05) is 0 Å². The number of fused-ring (bicyclic) bond motifs is 2. The second kappa shape index (κ2) is 7.94. The van der Waals surface area contributed by atoms with E-state index in [4.69, 9.17) is 5.73 Å². The zero-order valence-corrected chi connectivity index (χ0v) is 14.3. The van der Waals surface area contributed by atoms with Gasteiger partial charge in [-0.3, -0.25) is 14.9 Å². The number of rotatable bonds is 4. The van der Waals surface area contributed by atoms with Crippen molar-refractivity contribution in [1.29, 1.82) is 0 Å². The molecule has 0 heterocycles. The van der Waals surface area contributed by atoms with Gasteiger partial charge in [-0.05, 0) is 37.5 Å². The molecule has 0 radical (unpaired) electrons. The van der Waals surface area contributed by atoms with E-state index in [0.717, 1.165) is 25.7 Å². The highest BCUT2D eigenvalue weighted by molar-refractivity contribution is 5.85. The van der Waals surface area contributed by atoms with E-state index in [0.29, 0.717) is 17.4 Å². The molecule has 0 saturated heterocycles. The maximum Gasteiger partial charge on any atom is 0.273 e. The number of amides is 1. The molecule has 2 aliphatic carbocycles. The predicted octanol–water partition coefficient (Wildman–Crippen LogP) is 2.58. The summed E-state index contributed by atoms with van der Waals surface area (Å²) in [7, 11) is 0. The first kappa shape index (κ1) is 18.7. The molecule has 2 unspecified atom stereocenters. The third-order valence-corrected chi connectivity index (χ3v) is 5.24. The molecule has 2 bridgehead atoms. The Bertz CT molecular complexity index is 596. The molecular weight excluding hydrogens is 330 g/mol. The number of halogens is 1. The first-order chi connectivity index (χ1) is 11.0. The number of hydrogen-bond donors (Lipinski definition) is 2. The van der Waals surface area contributed by atoms with E-state index in [1.165, 1.54) is 12.5 Å². The van der Waals surface area contributed by atoms with Crippen LogP contribution in [0.25, 0.3) is 0 Å². The van der Waals surface area contributed by atoms with Crippen LogP contribution < -0.4 is 11.1 Å². The molecule has 1 amide bonds. The van der Waals surface area contributed by atoms with Gasteiger partial charge in [-0.1, -0.05) is 24.6 Å². The summed E-state index contributed by atoms with van der Waals surface area (Å²) < 4.78 is 0. The predicted molar refractivity (Wildman–Crippen MR) is 94.0 cm³/mol. The number of nitro groups is 1. The van der Waals surface area contributed by atoms with Crippen LogP contribution in [0.5, 0.6) is 0 Å². The van der Waals surface area contributed by atoms with Gasteiger partial charge in [0.25, 0.3) is 5.69 Å². The van der Waals surface area contributed by atoms with Gasteiger partial charge in [0.1, 0.15) is 0 Å². The summed E-state index contributed by atoms with van der Waals surface area (Å²) >= 11 is 0.